The summed E-state index contributed by atoms with van der Waals surface area (Å²) < 4.78 is 0. The summed E-state index contributed by atoms with van der Waals surface area (Å²) in [5, 5.41) is 0. The number of anilines is 3. The van der Waals surface area contributed by atoms with Crippen LogP contribution in [0.4, 0.5) is 17.1 Å². The Morgan fingerprint density at radius 2 is 0.677 bits per heavy atom. The zero-order valence-electron chi connectivity index (χ0n) is 17.2. The SMILES string of the molecule is c1ccc(-c2cccc(-c3ccc(N(c4ccccc4)c4ccccc4)cc3)c2)cc1. The van der Waals surface area contributed by atoms with Crippen LogP contribution in [-0.2, 0) is 0 Å². The van der Waals surface area contributed by atoms with Crippen molar-refractivity contribution in [3.8, 4) is 22.3 Å². The minimum atomic E-state index is 1.14. The van der Waals surface area contributed by atoms with E-state index in [1.807, 2.05) is 0 Å². The van der Waals surface area contributed by atoms with Gasteiger partial charge < -0.3 is 4.90 Å². The molecule has 0 saturated carbocycles. The third-order valence-electron chi connectivity index (χ3n) is 5.46. The van der Waals surface area contributed by atoms with Crippen LogP contribution in [0.15, 0.2) is 140 Å². The number of nitrogens with zero attached hydrogens (tertiary/aromatic N) is 1. The smallest absolute Gasteiger partial charge is 0.0462 e. The van der Waals surface area contributed by atoms with Crippen molar-refractivity contribution in [1.29, 1.82) is 0 Å². The molecule has 0 N–H and O–H groups in total. The molecule has 5 aromatic rings. The molecule has 31 heavy (non-hydrogen) atoms. The topological polar surface area (TPSA) is 3.24 Å². The highest BCUT2D eigenvalue weighted by atomic mass is 15.1. The Labute approximate surface area is 183 Å². The molecule has 0 spiro atoms. The molecule has 5 aromatic carbocycles. The second-order valence-corrected chi connectivity index (χ2v) is 7.50. The predicted octanol–water partition coefficient (Wildman–Crippen LogP) is 8.49. The molecule has 0 aliphatic rings. The molecular weight excluding hydrogens is 374 g/mol. The molecule has 0 bridgehead atoms. The monoisotopic (exact) mass is 397 g/mol. The maximum Gasteiger partial charge on any atom is 0.0462 e. The van der Waals surface area contributed by atoms with Gasteiger partial charge in [-0.1, -0.05) is 97.1 Å². The van der Waals surface area contributed by atoms with Crippen LogP contribution in [0.25, 0.3) is 22.3 Å². The van der Waals surface area contributed by atoms with E-state index in [-0.39, 0.29) is 0 Å². The fourth-order valence-corrected chi connectivity index (χ4v) is 3.91. The van der Waals surface area contributed by atoms with Crippen LogP contribution in [0.3, 0.4) is 0 Å². The number of benzene rings is 5. The molecule has 0 amide bonds. The van der Waals surface area contributed by atoms with Gasteiger partial charge in [0.15, 0.2) is 0 Å². The lowest BCUT2D eigenvalue weighted by atomic mass is 9.99. The lowest BCUT2D eigenvalue weighted by Gasteiger charge is -2.25. The van der Waals surface area contributed by atoms with Crippen molar-refractivity contribution >= 4 is 17.1 Å². The summed E-state index contributed by atoms with van der Waals surface area (Å²) in [6.45, 7) is 0. The summed E-state index contributed by atoms with van der Waals surface area (Å²) in [4.78, 5) is 2.28. The molecule has 0 radical (unpaired) electrons. The van der Waals surface area contributed by atoms with Gasteiger partial charge in [-0.3, -0.25) is 0 Å². The maximum atomic E-state index is 2.28. The number of hydrogen-bond donors (Lipinski definition) is 0. The van der Waals surface area contributed by atoms with Gasteiger partial charge in [0, 0.05) is 17.1 Å². The summed E-state index contributed by atoms with van der Waals surface area (Å²) in [5.41, 5.74) is 8.33. The standard InChI is InChI=1S/C30H23N/c1-4-11-24(12-5-1)26-13-10-14-27(23-26)25-19-21-30(22-20-25)31(28-15-6-2-7-16-28)29-17-8-3-9-18-29/h1-23H. The van der Waals surface area contributed by atoms with Crippen LogP contribution in [0, 0.1) is 0 Å². The molecule has 0 aromatic heterocycles. The van der Waals surface area contributed by atoms with Crippen molar-refractivity contribution in [1.82, 2.24) is 0 Å². The van der Waals surface area contributed by atoms with Crippen molar-refractivity contribution in [2.24, 2.45) is 0 Å². The van der Waals surface area contributed by atoms with Crippen LogP contribution >= 0.6 is 0 Å². The van der Waals surface area contributed by atoms with Crippen LogP contribution < -0.4 is 4.90 Å². The molecule has 1 heteroatoms. The molecule has 148 valence electrons. The highest BCUT2D eigenvalue weighted by Gasteiger charge is 2.12. The zero-order chi connectivity index (χ0) is 20.9. The zero-order valence-corrected chi connectivity index (χ0v) is 17.2. The summed E-state index contributed by atoms with van der Waals surface area (Å²) >= 11 is 0. The number of hydrogen-bond acceptors (Lipinski definition) is 1. The Kier molecular flexibility index (Phi) is 5.32. The van der Waals surface area contributed by atoms with Gasteiger partial charge in [0.1, 0.15) is 0 Å². The van der Waals surface area contributed by atoms with Gasteiger partial charge in [-0.05, 0) is 64.7 Å². The Morgan fingerprint density at radius 3 is 1.19 bits per heavy atom. The highest BCUT2D eigenvalue weighted by molar-refractivity contribution is 5.79. The van der Waals surface area contributed by atoms with E-state index >= 15 is 0 Å². The Hall–Kier alpha value is -4.10. The Morgan fingerprint density at radius 1 is 0.290 bits per heavy atom. The summed E-state index contributed by atoms with van der Waals surface area (Å²) in [6, 6.07) is 49.1. The molecule has 0 unspecified atom stereocenters. The van der Waals surface area contributed by atoms with Crippen LogP contribution in [0.2, 0.25) is 0 Å². The van der Waals surface area contributed by atoms with E-state index < -0.39 is 0 Å². The molecule has 0 heterocycles. The minimum absolute atomic E-state index is 1.14. The molecular formula is C30H23N. The molecule has 0 fully saturated rings. The lowest BCUT2D eigenvalue weighted by molar-refractivity contribution is 1.28. The average Bonchev–Trinajstić information content (AvgIpc) is 2.87. The fourth-order valence-electron chi connectivity index (χ4n) is 3.91. The maximum absolute atomic E-state index is 2.28. The first-order valence-electron chi connectivity index (χ1n) is 10.5. The van der Waals surface area contributed by atoms with E-state index in [2.05, 4.69) is 144 Å². The quantitative estimate of drug-likeness (QED) is 0.287. The fraction of sp³-hybridized carbons (Fsp3) is 0. The Bertz CT molecular complexity index is 1200. The molecule has 0 atom stereocenters. The third kappa shape index (κ3) is 4.12. The van der Waals surface area contributed by atoms with Crippen LogP contribution in [-0.4, -0.2) is 0 Å². The molecule has 0 aliphatic carbocycles. The van der Waals surface area contributed by atoms with E-state index in [1.165, 1.54) is 22.3 Å². The molecule has 0 aliphatic heterocycles. The van der Waals surface area contributed by atoms with Gasteiger partial charge in [0.05, 0.1) is 0 Å². The van der Waals surface area contributed by atoms with Gasteiger partial charge in [-0.25, -0.2) is 0 Å². The van der Waals surface area contributed by atoms with Gasteiger partial charge in [0.25, 0.3) is 0 Å². The van der Waals surface area contributed by atoms with Crippen LogP contribution in [0.1, 0.15) is 0 Å². The van der Waals surface area contributed by atoms with E-state index in [0.29, 0.717) is 0 Å². The summed E-state index contributed by atoms with van der Waals surface area (Å²) in [7, 11) is 0. The van der Waals surface area contributed by atoms with Crippen molar-refractivity contribution in [3.05, 3.63) is 140 Å². The first-order chi connectivity index (χ1) is 15.4. The van der Waals surface area contributed by atoms with Crippen molar-refractivity contribution < 1.29 is 0 Å². The molecule has 0 saturated heterocycles. The summed E-state index contributed by atoms with van der Waals surface area (Å²) in [6.07, 6.45) is 0. The third-order valence-corrected chi connectivity index (χ3v) is 5.46. The normalized spacial score (nSPS) is 10.6. The van der Waals surface area contributed by atoms with Gasteiger partial charge in [0.2, 0.25) is 0 Å². The van der Waals surface area contributed by atoms with Gasteiger partial charge >= 0.3 is 0 Å². The summed E-state index contributed by atoms with van der Waals surface area (Å²) in [5.74, 6) is 0. The minimum Gasteiger partial charge on any atom is -0.311 e. The van der Waals surface area contributed by atoms with E-state index in [1.54, 1.807) is 0 Å². The van der Waals surface area contributed by atoms with E-state index in [0.717, 1.165) is 17.1 Å². The highest BCUT2D eigenvalue weighted by Crippen LogP contribution is 2.35. The van der Waals surface area contributed by atoms with E-state index in [4.69, 9.17) is 0 Å². The van der Waals surface area contributed by atoms with Gasteiger partial charge in [-0.2, -0.15) is 0 Å². The van der Waals surface area contributed by atoms with Crippen molar-refractivity contribution in [3.63, 3.8) is 0 Å². The Balaban J connectivity index is 1.51. The van der Waals surface area contributed by atoms with Crippen LogP contribution in [0.5, 0.6) is 0 Å². The second kappa shape index (κ2) is 8.73. The predicted molar refractivity (Wildman–Crippen MR) is 132 cm³/mol. The lowest BCUT2D eigenvalue weighted by Crippen LogP contribution is -2.09. The van der Waals surface area contributed by atoms with E-state index in [9.17, 15) is 0 Å². The molecule has 1 nitrogen and oxygen atoms in total. The first-order valence-corrected chi connectivity index (χ1v) is 10.5. The number of para-hydroxylation sites is 2. The van der Waals surface area contributed by atoms with Gasteiger partial charge in [-0.15, -0.1) is 0 Å². The first kappa shape index (κ1) is 18.9. The average molecular weight is 398 g/mol. The number of rotatable bonds is 5. The molecule has 5 rings (SSSR count). The second-order valence-electron chi connectivity index (χ2n) is 7.50. The largest absolute Gasteiger partial charge is 0.311 e. The van der Waals surface area contributed by atoms with Crippen molar-refractivity contribution in [2.45, 2.75) is 0 Å². The van der Waals surface area contributed by atoms with Crippen molar-refractivity contribution in [2.75, 3.05) is 4.90 Å².